The van der Waals surface area contributed by atoms with E-state index in [1.807, 2.05) is 0 Å². The van der Waals surface area contributed by atoms with Crippen LogP contribution in [-0.2, 0) is 9.53 Å². The Labute approximate surface area is 145 Å². The van der Waals surface area contributed by atoms with E-state index in [9.17, 15) is 14.9 Å². The summed E-state index contributed by atoms with van der Waals surface area (Å²) in [6.45, 7) is 2.17. The van der Waals surface area contributed by atoms with Crippen LogP contribution in [0.25, 0.3) is 0 Å². The number of nitrogens with one attached hydrogen (secondary N) is 2. The molecule has 138 valence electrons. The number of hydrogen-bond acceptors (Lipinski definition) is 9. The monoisotopic (exact) mass is 352 g/mol. The molecule has 1 fully saturated rings. The van der Waals surface area contributed by atoms with Crippen molar-refractivity contribution in [2.45, 2.75) is 44.7 Å². The topological polar surface area (TPSA) is 145 Å². The van der Waals surface area contributed by atoms with Crippen LogP contribution in [0.4, 0.5) is 17.5 Å². The lowest BCUT2D eigenvalue weighted by Gasteiger charge is -2.26. The van der Waals surface area contributed by atoms with Crippen LogP contribution in [0.15, 0.2) is 6.20 Å². The fourth-order valence-electron chi connectivity index (χ4n) is 2.77. The van der Waals surface area contributed by atoms with Crippen molar-refractivity contribution in [2.75, 3.05) is 24.3 Å². The van der Waals surface area contributed by atoms with Gasteiger partial charge in [-0.3, -0.25) is 10.1 Å². The third kappa shape index (κ3) is 5.24. The molecule has 1 aliphatic carbocycles. The summed E-state index contributed by atoms with van der Waals surface area (Å²) in [7, 11) is 1.28. The van der Waals surface area contributed by atoms with E-state index in [0.29, 0.717) is 12.5 Å². The number of nitrogens with two attached hydrogens (primary N) is 1. The van der Waals surface area contributed by atoms with Crippen molar-refractivity contribution in [1.29, 1.82) is 0 Å². The van der Waals surface area contributed by atoms with Crippen LogP contribution in [0.2, 0.25) is 0 Å². The Balaban J connectivity index is 2.06. The van der Waals surface area contributed by atoms with Gasteiger partial charge < -0.3 is 21.1 Å². The zero-order valence-corrected chi connectivity index (χ0v) is 14.4. The molecule has 25 heavy (non-hydrogen) atoms. The highest BCUT2D eigenvalue weighted by atomic mass is 16.6. The number of ether oxygens (including phenoxy) is 1. The first-order valence-corrected chi connectivity index (χ1v) is 8.26. The van der Waals surface area contributed by atoms with Gasteiger partial charge in [-0.25, -0.2) is 9.78 Å². The molecule has 0 amide bonds. The van der Waals surface area contributed by atoms with E-state index in [-0.39, 0.29) is 23.5 Å². The molecular formula is C15H24N6O4. The van der Waals surface area contributed by atoms with Crippen molar-refractivity contribution in [2.24, 2.45) is 11.7 Å². The summed E-state index contributed by atoms with van der Waals surface area (Å²) < 4.78 is 4.62. The lowest BCUT2D eigenvalue weighted by molar-refractivity contribution is -0.384. The number of carbonyl (C=O) groups is 1. The lowest BCUT2D eigenvalue weighted by Crippen LogP contribution is -2.30. The molecule has 0 unspecified atom stereocenters. The van der Waals surface area contributed by atoms with Gasteiger partial charge in [0.1, 0.15) is 12.2 Å². The molecule has 1 aromatic heterocycles. The highest BCUT2D eigenvalue weighted by Crippen LogP contribution is 2.26. The predicted octanol–water partition coefficient (Wildman–Crippen LogP) is 1.29. The van der Waals surface area contributed by atoms with E-state index < -0.39 is 16.9 Å². The number of nitro groups is 1. The average Bonchev–Trinajstić information content (AvgIpc) is 2.60. The zero-order valence-electron chi connectivity index (χ0n) is 14.4. The smallest absolute Gasteiger partial charge is 0.329 e. The number of rotatable bonds is 7. The molecule has 0 bridgehead atoms. The number of anilines is 2. The minimum Gasteiger partial charge on any atom is -0.467 e. The largest absolute Gasteiger partial charge is 0.467 e. The van der Waals surface area contributed by atoms with Crippen LogP contribution < -0.4 is 16.4 Å². The van der Waals surface area contributed by atoms with E-state index >= 15 is 0 Å². The zero-order chi connectivity index (χ0) is 18.4. The molecule has 0 saturated heterocycles. The molecule has 10 heteroatoms. The van der Waals surface area contributed by atoms with Crippen LogP contribution in [0.3, 0.4) is 0 Å². The summed E-state index contributed by atoms with van der Waals surface area (Å²) in [4.78, 5) is 30.1. The summed E-state index contributed by atoms with van der Waals surface area (Å²) in [5, 5.41) is 17.0. The van der Waals surface area contributed by atoms with E-state index in [4.69, 9.17) is 5.73 Å². The molecule has 0 spiro atoms. The van der Waals surface area contributed by atoms with Gasteiger partial charge in [0.2, 0.25) is 11.8 Å². The summed E-state index contributed by atoms with van der Waals surface area (Å²) in [5.41, 5.74) is 5.69. The van der Waals surface area contributed by atoms with Gasteiger partial charge in [-0.1, -0.05) is 0 Å². The first-order valence-electron chi connectivity index (χ1n) is 8.26. The van der Waals surface area contributed by atoms with Gasteiger partial charge in [0.25, 0.3) is 0 Å². The standard InChI is InChI=1S/C15H24N6O4/c1-9(14(22)25-2)19-15-18-8-12(21(23)24)13(20-15)17-7-10-3-5-11(16)6-4-10/h8-11H,3-7,16H2,1-2H3,(H2,17,18,19,20)/t9-,10-,11-/m0/s1. The fourth-order valence-corrected chi connectivity index (χ4v) is 2.77. The minimum atomic E-state index is -0.667. The Morgan fingerprint density at radius 2 is 2.16 bits per heavy atom. The van der Waals surface area contributed by atoms with Crippen LogP contribution in [-0.4, -0.2) is 46.6 Å². The number of carbonyl (C=O) groups excluding carboxylic acids is 1. The Morgan fingerprint density at radius 1 is 1.48 bits per heavy atom. The second-order valence-corrected chi connectivity index (χ2v) is 6.24. The molecule has 2 rings (SSSR count). The molecule has 4 N–H and O–H groups in total. The number of aromatic nitrogens is 2. The maximum absolute atomic E-state index is 11.5. The highest BCUT2D eigenvalue weighted by molar-refractivity contribution is 5.78. The highest BCUT2D eigenvalue weighted by Gasteiger charge is 2.22. The predicted molar refractivity (Wildman–Crippen MR) is 92.2 cm³/mol. The van der Waals surface area contributed by atoms with E-state index in [1.165, 1.54) is 7.11 Å². The third-order valence-electron chi connectivity index (χ3n) is 4.32. The number of esters is 1. The molecular weight excluding hydrogens is 328 g/mol. The van der Waals surface area contributed by atoms with Gasteiger partial charge in [-0.05, 0) is 38.5 Å². The summed E-state index contributed by atoms with van der Waals surface area (Å²) >= 11 is 0. The van der Waals surface area contributed by atoms with E-state index in [1.54, 1.807) is 6.92 Å². The maximum atomic E-state index is 11.5. The second kappa shape index (κ2) is 8.56. The van der Waals surface area contributed by atoms with Crippen molar-refractivity contribution < 1.29 is 14.5 Å². The van der Waals surface area contributed by atoms with Crippen molar-refractivity contribution in [3.63, 3.8) is 0 Å². The van der Waals surface area contributed by atoms with Gasteiger partial charge in [0.05, 0.1) is 12.0 Å². The van der Waals surface area contributed by atoms with E-state index in [0.717, 1.165) is 31.9 Å². The summed E-state index contributed by atoms with van der Waals surface area (Å²) in [5.74, 6) is 0.181. The Hall–Kier alpha value is -2.49. The van der Waals surface area contributed by atoms with Crippen molar-refractivity contribution in [3.05, 3.63) is 16.3 Å². The normalized spacial score (nSPS) is 21.2. The Bertz CT molecular complexity index is 618. The first kappa shape index (κ1) is 18.8. The summed E-state index contributed by atoms with van der Waals surface area (Å²) in [6, 6.07) is -0.417. The average molecular weight is 352 g/mol. The molecule has 0 aromatic carbocycles. The number of methoxy groups -OCH3 is 1. The van der Waals surface area contributed by atoms with Crippen molar-refractivity contribution >= 4 is 23.4 Å². The number of hydrogen-bond donors (Lipinski definition) is 3. The fraction of sp³-hybridized carbons (Fsp3) is 0.667. The molecule has 1 aliphatic rings. The van der Waals surface area contributed by atoms with Gasteiger partial charge in [0.15, 0.2) is 0 Å². The molecule has 0 radical (unpaired) electrons. The van der Waals surface area contributed by atoms with Crippen molar-refractivity contribution in [3.8, 4) is 0 Å². The van der Waals surface area contributed by atoms with Gasteiger partial charge in [0, 0.05) is 12.6 Å². The molecule has 0 aliphatic heterocycles. The van der Waals surface area contributed by atoms with Crippen LogP contribution in [0.5, 0.6) is 0 Å². The SMILES string of the molecule is COC(=O)[C@H](C)Nc1ncc([N+](=O)[O-])c(NC[C@H]2CC[C@H](N)CC2)n1. The van der Waals surface area contributed by atoms with Crippen LogP contribution >= 0.6 is 0 Å². The van der Waals surface area contributed by atoms with Crippen molar-refractivity contribution in [1.82, 2.24) is 9.97 Å². The molecule has 1 atom stereocenters. The van der Waals surface area contributed by atoms with E-state index in [2.05, 4.69) is 25.3 Å². The van der Waals surface area contributed by atoms with Gasteiger partial charge in [-0.15, -0.1) is 0 Å². The first-order chi connectivity index (χ1) is 11.9. The number of nitrogens with zero attached hydrogens (tertiary/aromatic N) is 3. The quantitative estimate of drug-likeness (QED) is 0.375. The third-order valence-corrected chi connectivity index (χ3v) is 4.32. The van der Waals surface area contributed by atoms with Crippen LogP contribution in [0.1, 0.15) is 32.6 Å². The molecule has 1 saturated carbocycles. The van der Waals surface area contributed by atoms with Crippen LogP contribution in [0, 0.1) is 16.0 Å². The van der Waals surface area contributed by atoms with Gasteiger partial charge >= 0.3 is 11.7 Å². The van der Waals surface area contributed by atoms with Gasteiger partial charge in [-0.2, -0.15) is 4.98 Å². The minimum absolute atomic E-state index is 0.122. The lowest BCUT2D eigenvalue weighted by atomic mass is 9.86. The molecule has 10 nitrogen and oxygen atoms in total. The second-order valence-electron chi connectivity index (χ2n) is 6.24. The maximum Gasteiger partial charge on any atom is 0.329 e. The Kier molecular flexibility index (Phi) is 6.45. The molecule has 1 aromatic rings. The molecule has 1 heterocycles. The Morgan fingerprint density at radius 3 is 2.76 bits per heavy atom. The summed E-state index contributed by atoms with van der Waals surface area (Å²) in [6.07, 6.45) is 5.01.